The van der Waals surface area contributed by atoms with Crippen LogP contribution in [0.15, 0.2) is 0 Å². The molecule has 2 rings (SSSR count). The normalized spacial score (nSPS) is 40.8. The molecule has 2 heterocycles. The molecular formula is C7H15N3. The third-order valence-electron chi connectivity index (χ3n) is 2.52. The zero-order valence-electron chi connectivity index (χ0n) is 6.24. The first kappa shape index (κ1) is 6.58. The molecule has 2 saturated heterocycles. The van der Waals surface area contributed by atoms with Crippen LogP contribution in [0.4, 0.5) is 0 Å². The predicted molar refractivity (Wildman–Crippen MR) is 40.8 cm³/mol. The highest BCUT2D eigenvalue weighted by molar-refractivity contribution is 4.98. The Balaban J connectivity index is 1.98. The van der Waals surface area contributed by atoms with E-state index >= 15 is 0 Å². The van der Waals surface area contributed by atoms with E-state index in [1.165, 1.54) is 19.4 Å². The maximum Gasteiger partial charge on any atom is 0.0460 e. The van der Waals surface area contributed by atoms with Gasteiger partial charge in [-0.15, -0.1) is 0 Å². The van der Waals surface area contributed by atoms with E-state index in [1.54, 1.807) is 0 Å². The summed E-state index contributed by atoms with van der Waals surface area (Å²) in [7, 11) is 0. The largest absolute Gasteiger partial charge is 0.315 e. The highest BCUT2D eigenvalue weighted by Gasteiger charge is 2.33. The molecule has 58 valence electrons. The fraction of sp³-hybridized carbons (Fsp3) is 1.00. The summed E-state index contributed by atoms with van der Waals surface area (Å²) in [6, 6.07) is 0. The summed E-state index contributed by atoms with van der Waals surface area (Å²) in [5.74, 6) is 0. The van der Waals surface area contributed by atoms with Crippen LogP contribution >= 0.6 is 0 Å². The van der Waals surface area contributed by atoms with Crippen molar-refractivity contribution in [2.24, 2.45) is 0 Å². The molecule has 0 aliphatic carbocycles. The second kappa shape index (κ2) is 2.49. The van der Waals surface area contributed by atoms with E-state index in [1.807, 2.05) is 0 Å². The van der Waals surface area contributed by atoms with Gasteiger partial charge in [-0.3, -0.25) is 5.32 Å². The first-order valence-corrected chi connectivity index (χ1v) is 4.08. The van der Waals surface area contributed by atoms with E-state index < -0.39 is 0 Å². The van der Waals surface area contributed by atoms with Gasteiger partial charge in [0.25, 0.3) is 0 Å². The van der Waals surface area contributed by atoms with Crippen LogP contribution < -0.4 is 16.0 Å². The Morgan fingerprint density at radius 3 is 2.60 bits per heavy atom. The van der Waals surface area contributed by atoms with Crippen molar-refractivity contribution >= 4 is 0 Å². The lowest BCUT2D eigenvalue weighted by Gasteiger charge is -2.33. The molecule has 3 heteroatoms. The highest BCUT2D eigenvalue weighted by atomic mass is 15.2. The van der Waals surface area contributed by atoms with Crippen LogP contribution in [-0.2, 0) is 0 Å². The van der Waals surface area contributed by atoms with Crippen LogP contribution in [0.3, 0.4) is 0 Å². The molecule has 0 amide bonds. The van der Waals surface area contributed by atoms with Crippen LogP contribution in [0, 0.1) is 0 Å². The van der Waals surface area contributed by atoms with E-state index in [4.69, 9.17) is 0 Å². The minimum Gasteiger partial charge on any atom is -0.315 e. The van der Waals surface area contributed by atoms with Gasteiger partial charge in [0.2, 0.25) is 0 Å². The van der Waals surface area contributed by atoms with Gasteiger partial charge in [-0.2, -0.15) is 0 Å². The second-order valence-corrected chi connectivity index (χ2v) is 3.34. The van der Waals surface area contributed by atoms with Gasteiger partial charge >= 0.3 is 0 Å². The minimum atomic E-state index is 0.401. The molecule has 1 unspecified atom stereocenters. The lowest BCUT2D eigenvalue weighted by atomic mass is 9.91. The van der Waals surface area contributed by atoms with Crippen molar-refractivity contribution in [1.82, 2.24) is 16.0 Å². The summed E-state index contributed by atoms with van der Waals surface area (Å²) < 4.78 is 0. The molecule has 0 aromatic heterocycles. The average molecular weight is 141 g/mol. The van der Waals surface area contributed by atoms with Gasteiger partial charge in [-0.25, -0.2) is 0 Å². The van der Waals surface area contributed by atoms with Gasteiger partial charge in [0.15, 0.2) is 0 Å². The molecular weight excluding hydrogens is 126 g/mol. The fourth-order valence-corrected chi connectivity index (χ4v) is 1.88. The molecule has 2 aliphatic heterocycles. The summed E-state index contributed by atoms with van der Waals surface area (Å²) >= 11 is 0. The molecule has 0 aromatic carbocycles. The highest BCUT2D eigenvalue weighted by Crippen LogP contribution is 2.16. The number of rotatable bonds is 0. The van der Waals surface area contributed by atoms with Crippen LogP contribution in [0.2, 0.25) is 0 Å². The molecule has 0 radical (unpaired) electrons. The monoisotopic (exact) mass is 141 g/mol. The van der Waals surface area contributed by atoms with Gasteiger partial charge in [-0.1, -0.05) is 0 Å². The van der Waals surface area contributed by atoms with E-state index in [0.29, 0.717) is 5.54 Å². The maximum atomic E-state index is 3.50. The zero-order chi connectivity index (χ0) is 6.86. The molecule has 0 saturated carbocycles. The molecule has 1 atom stereocenters. The topological polar surface area (TPSA) is 36.1 Å². The van der Waals surface area contributed by atoms with Crippen LogP contribution in [0.1, 0.15) is 12.8 Å². The van der Waals surface area contributed by atoms with Crippen molar-refractivity contribution in [3.63, 3.8) is 0 Å². The Morgan fingerprint density at radius 1 is 1.10 bits per heavy atom. The molecule has 2 aliphatic rings. The zero-order valence-corrected chi connectivity index (χ0v) is 6.24. The molecule has 0 aromatic rings. The SMILES string of the molecule is C1CNCC2(C1)CNCN2. The molecule has 10 heavy (non-hydrogen) atoms. The van der Waals surface area contributed by atoms with Crippen molar-refractivity contribution in [1.29, 1.82) is 0 Å². The summed E-state index contributed by atoms with van der Waals surface area (Å²) in [5.41, 5.74) is 0.401. The number of piperidine rings is 1. The molecule has 1 spiro atoms. The summed E-state index contributed by atoms with van der Waals surface area (Å²) in [4.78, 5) is 0. The van der Waals surface area contributed by atoms with Crippen LogP contribution in [0.25, 0.3) is 0 Å². The predicted octanol–water partition coefficient (Wildman–Crippen LogP) is -0.741. The lowest BCUT2D eigenvalue weighted by Crippen LogP contribution is -2.54. The Labute approximate surface area is 61.6 Å². The Hall–Kier alpha value is -0.120. The quantitative estimate of drug-likeness (QED) is 0.416. The smallest absolute Gasteiger partial charge is 0.0460 e. The molecule has 0 bridgehead atoms. The Morgan fingerprint density at radius 2 is 2.00 bits per heavy atom. The van der Waals surface area contributed by atoms with E-state index in [0.717, 1.165) is 19.8 Å². The van der Waals surface area contributed by atoms with E-state index in [-0.39, 0.29) is 0 Å². The lowest BCUT2D eigenvalue weighted by molar-refractivity contribution is 0.298. The van der Waals surface area contributed by atoms with Crippen molar-refractivity contribution in [3.05, 3.63) is 0 Å². The summed E-state index contributed by atoms with van der Waals surface area (Å²) in [6.45, 7) is 4.46. The van der Waals surface area contributed by atoms with Crippen LogP contribution in [0.5, 0.6) is 0 Å². The summed E-state index contributed by atoms with van der Waals surface area (Å²) in [6.07, 6.45) is 2.64. The van der Waals surface area contributed by atoms with Gasteiger partial charge in [0, 0.05) is 25.3 Å². The van der Waals surface area contributed by atoms with Crippen LogP contribution in [-0.4, -0.2) is 31.8 Å². The standard InChI is InChI=1S/C7H15N3/c1-2-7(4-8-3-1)5-9-6-10-7/h8-10H,1-6H2. The summed E-state index contributed by atoms with van der Waals surface area (Å²) in [5, 5.41) is 10.2. The van der Waals surface area contributed by atoms with Gasteiger partial charge in [-0.05, 0) is 19.4 Å². The van der Waals surface area contributed by atoms with Crippen molar-refractivity contribution in [2.45, 2.75) is 18.4 Å². The average Bonchev–Trinajstić information content (AvgIpc) is 2.39. The number of hydrogen-bond acceptors (Lipinski definition) is 3. The third kappa shape index (κ3) is 1.05. The number of nitrogens with one attached hydrogen (secondary N) is 3. The maximum absolute atomic E-state index is 3.50. The molecule has 2 fully saturated rings. The number of hydrogen-bond donors (Lipinski definition) is 3. The van der Waals surface area contributed by atoms with Crippen molar-refractivity contribution in [2.75, 3.05) is 26.3 Å². The van der Waals surface area contributed by atoms with Gasteiger partial charge in [0.1, 0.15) is 0 Å². The van der Waals surface area contributed by atoms with E-state index in [2.05, 4.69) is 16.0 Å². The first-order valence-electron chi connectivity index (χ1n) is 4.08. The Kier molecular flexibility index (Phi) is 1.64. The third-order valence-corrected chi connectivity index (χ3v) is 2.52. The second-order valence-electron chi connectivity index (χ2n) is 3.34. The molecule has 3 N–H and O–H groups in total. The fourth-order valence-electron chi connectivity index (χ4n) is 1.88. The molecule has 3 nitrogen and oxygen atoms in total. The Bertz CT molecular complexity index is 110. The van der Waals surface area contributed by atoms with Crippen molar-refractivity contribution < 1.29 is 0 Å². The van der Waals surface area contributed by atoms with Gasteiger partial charge in [0.05, 0.1) is 0 Å². The minimum absolute atomic E-state index is 0.401. The van der Waals surface area contributed by atoms with Gasteiger partial charge < -0.3 is 10.6 Å². The first-order chi connectivity index (χ1) is 4.91. The van der Waals surface area contributed by atoms with Crippen molar-refractivity contribution in [3.8, 4) is 0 Å². The van der Waals surface area contributed by atoms with E-state index in [9.17, 15) is 0 Å².